The molecule has 1 aromatic rings. The third-order valence-corrected chi connectivity index (χ3v) is 3.36. The van der Waals surface area contributed by atoms with Crippen LogP contribution in [0.5, 0.6) is 0 Å². The maximum atomic E-state index is 11.9. The van der Waals surface area contributed by atoms with Gasteiger partial charge in [0.05, 0.1) is 11.8 Å². The molecule has 0 aliphatic heterocycles. The average molecular weight is 293 g/mol. The minimum Gasteiger partial charge on any atom is -0.452 e. The highest BCUT2D eigenvalue weighted by Crippen LogP contribution is 2.15. The molecule has 1 heterocycles. The molecule has 0 bridgehead atoms. The minimum atomic E-state index is -1.01. The van der Waals surface area contributed by atoms with Gasteiger partial charge < -0.3 is 14.6 Å². The molecule has 1 N–H and O–H groups in total. The van der Waals surface area contributed by atoms with Gasteiger partial charge in [-0.3, -0.25) is 4.79 Å². The Balaban J connectivity index is 2.62. The molecule has 1 aromatic heterocycles. The summed E-state index contributed by atoms with van der Waals surface area (Å²) in [6.07, 6.45) is 0. The van der Waals surface area contributed by atoms with E-state index < -0.39 is 24.0 Å². The first-order valence-corrected chi connectivity index (χ1v) is 6.53. The zero-order chi connectivity index (χ0) is 16.2. The van der Waals surface area contributed by atoms with Crippen LogP contribution in [0, 0.1) is 31.1 Å². The summed E-state index contributed by atoms with van der Waals surface area (Å²) >= 11 is 0. The van der Waals surface area contributed by atoms with Crippen LogP contribution in [0.25, 0.3) is 0 Å². The van der Waals surface area contributed by atoms with Gasteiger partial charge in [-0.1, -0.05) is 19.0 Å². The quantitative estimate of drug-likeness (QED) is 0.825. The van der Waals surface area contributed by atoms with Crippen molar-refractivity contribution in [1.82, 2.24) is 10.5 Å². The second-order valence-corrected chi connectivity index (χ2v) is 5.29. The van der Waals surface area contributed by atoms with E-state index in [1.807, 2.05) is 19.9 Å². The van der Waals surface area contributed by atoms with Crippen LogP contribution in [0.3, 0.4) is 0 Å². The number of rotatable bonds is 5. The van der Waals surface area contributed by atoms with Crippen molar-refractivity contribution in [3.05, 3.63) is 17.0 Å². The van der Waals surface area contributed by atoms with Gasteiger partial charge in [-0.15, -0.1) is 0 Å². The van der Waals surface area contributed by atoms with E-state index in [4.69, 9.17) is 14.5 Å². The Morgan fingerprint density at radius 3 is 2.52 bits per heavy atom. The molecule has 114 valence electrons. The molecule has 0 spiro atoms. The largest absolute Gasteiger partial charge is 0.452 e. The number of hydrogen-bond acceptors (Lipinski definition) is 6. The number of nitrogens with zero attached hydrogens (tertiary/aromatic N) is 2. The van der Waals surface area contributed by atoms with Crippen LogP contribution in [-0.4, -0.2) is 29.2 Å². The Labute approximate surface area is 123 Å². The third-order valence-electron chi connectivity index (χ3n) is 3.36. The molecule has 1 atom stereocenters. The Hall–Kier alpha value is -2.36. The molecule has 0 saturated carbocycles. The molecule has 21 heavy (non-hydrogen) atoms. The second-order valence-electron chi connectivity index (χ2n) is 5.29. The lowest BCUT2D eigenvalue weighted by molar-refractivity contribution is -0.125. The fourth-order valence-electron chi connectivity index (χ4n) is 1.60. The van der Waals surface area contributed by atoms with Crippen molar-refractivity contribution in [2.75, 3.05) is 6.61 Å². The van der Waals surface area contributed by atoms with Crippen molar-refractivity contribution in [2.45, 2.75) is 40.2 Å². The number of hydrogen-bond donors (Lipinski definition) is 1. The van der Waals surface area contributed by atoms with Gasteiger partial charge >= 0.3 is 5.97 Å². The summed E-state index contributed by atoms with van der Waals surface area (Å²) < 4.78 is 9.78. The van der Waals surface area contributed by atoms with Gasteiger partial charge in [0.25, 0.3) is 5.91 Å². The van der Waals surface area contributed by atoms with Crippen LogP contribution < -0.4 is 5.32 Å². The van der Waals surface area contributed by atoms with E-state index >= 15 is 0 Å². The normalized spacial score (nSPS) is 13.4. The molecular weight excluding hydrogens is 274 g/mol. The monoisotopic (exact) mass is 293 g/mol. The second kappa shape index (κ2) is 6.39. The fraction of sp³-hybridized carbons (Fsp3) is 0.571. The first-order valence-electron chi connectivity index (χ1n) is 6.53. The summed E-state index contributed by atoms with van der Waals surface area (Å²) in [6, 6.07) is 2.04. The summed E-state index contributed by atoms with van der Waals surface area (Å²) in [4.78, 5) is 23.6. The zero-order valence-corrected chi connectivity index (χ0v) is 12.8. The van der Waals surface area contributed by atoms with E-state index in [0.717, 1.165) is 0 Å². The van der Waals surface area contributed by atoms with E-state index in [9.17, 15) is 9.59 Å². The first kappa shape index (κ1) is 16.7. The van der Waals surface area contributed by atoms with E-state index in [-0.39, 0.29) is 11.5 Å². The van der Waals surface area contributed by atoms with Gasteiger partial charge in [-0.25, -0.2) is 4.79 Å². The molecule has 0 saturated heterocycles. The number of carbonyl (C=O) groups excluding carboxylic acids is 2. The highest BCUT2D eigenvalue weighted by Gasteiger charge is 2.30. The average Bonchev–Trinajstić information content (AvgIpc) is 2.75. The van der Waals surface area contributed by atoms with Crippen LogP contribution in [0.2, 0.25) is 0 Å². The number of amides is 1. The molecule has 7 heteroatoms. The summed E-state index contributed by atoms with van der Waals surface area (Å²) in [5.41, 5.74) is -0.386. The van der Waals surface area contributed by atoms with Crippen LogP contribution >= 0.6 is 0 Å². The molecule has 7 nitrogen and oxygen atoms in total. The molecule has 0 aliphatic rings. The number of nitrogens with one attached hydrogen (secondary N) is 1. The van der Waals surface area contributed by atoms with E-state index in [1.165, 1.54) is 0 Å². The maximum Gasteiger partial charge on any atom is 0.344 e. The fourth-order valence-corrected chi connectivity index (χ4v) is 1.60. The van der Waals surface area contributed by atoms with Crippen LogP contribution in [0.15, 0.2) is 4.52 Å². The number of esters is 1. The number of ether oxygens (including phenoxy) is 1. The van der Waals surface area contributed by atoms with Crippen molar-refractivity contribution in [3.8, 4) is 6.07 Å². The number of aryl methyl sites for hydroxylation is 2. The van der Waals surface area contributed by atoms with Gasteiger partial charge in [0, 0.05) is 0 Å². The molecule has 1 amide bonds. The van der Waals surface area contributed by atoms with Crippen molar-refractivity contribution < 1.29 is 18.8 Å². The lowest BCUT2D eigenvalue weighted by Crippen LogP contribution is -2.50. The Morgan fingerprint density at radius 2 is 2.10 bits per heavy atom. The van der Waals surface area contributed by atoms with Gasteiger partial charge in [-0.05, 0) is 26.7 Å². The standard InChI is InChI=1S/C14H19N3O4/c1-8(2)14(5,7-15)16-11(18)6-20-13(19)12-9(3)17-21-10(12)4/h8H,6H2,1-5H3,(H,16,18)/t14-/m1/s1. The zero-order valence-electron chi connectivity index (χ0n) is 12.8. The number of carbonyl (C=O) groups is 2. The lowest BCUT2D eigenvalue weighted by Gasteiger charge is -2.27. The van der Waals surface area contributed by atoms with Gasteiger partial charge in [-0.2, -0.15) is 5.26 Å². The molecule has 0 aliphatic carbocycles. The summed E-state index contributed by atoms with van der Waals surface area (Å²) in [7, 11) is 0. The molecule has 1 rings (SSSR count). The third kappa shape index (κ3) is 3.81. The Kier molecular flexibility index (Phi) is 5.08. The minimum absolute atomic E-state index is 0.0790. The van der Waals surface area contributed by atoms with Gasteiger partial charge in [0.1, 0.15) is 16.9 Å². The summed E-state index contributed by atoms with van der Waals surface area (Å²) in [5.74, 6) is -0.955. The van der Waals surface area contributed by atoms with Crippen LogP contribution in [-0.2, 0) is 9.53 Å². The Bertz CT molecular complexity index is 566. The first-order chi connectivity index (χ1) is 9.71. The molecule has 0 fully saturated rings. The number of nitriles is 1. The van der Waals surface area contributed by atoms with Crippen LogP contribution in [0.4, 0.5) is 0 Å². The molecule has 0 unspecified atom stereocenters. The maximum absolute atomic E-state index is 11.9. The highest BCUT2D eigenvalue weighted by molar-refractivity contribution is 5.93. The topological polar surface area (TPSA) is 105 Å². The summed E-state index contributed by atoms with van der Waals surface area (Å²) in [5, 5.41) is 15.3. The Morgan fingerprint density at radius 1 is 1.48 bits per heavy atom. The SMILES string of the molecule is Cc1noc(C)c1C(=O)OCC(=O)N[C@](C)(C#N)C(C)C. The van der Waals surface area contributed by atoms with E-state index in [1.54, 1.807) is 20.8 Å². The van der Waals surface area contributed by atoms with Crippen molar-refractivity contribution in [2.24, 2.45) is 5.92 Å². The van der Waals surface area contributed by atoms with Gasteiger partial charge in [0.15, 0.2) is 6.61 Å². The predicted molar refractivity (Wildman–Crippen MR) is 73.3 cm³/mol. The smallest absolute Gasteiger partial charge is 0.344 e. The van der Waals surface area contributed by atoms with Crippen molar-refractivity contribution >= 4 is 11.9 Å². The predicted octanol–water partition coefficient (Wildman–Crippen LogP) is 1.50. The van der Waals surface area contributed by atoms with Crippen molar-refractivity contribution in [3.63, 3.8) is 0 Å². The summed E-state index contributed by atoms with van der Waals surface area (Å²) in [6.45, 7) is 7.98. The van der Waals surface area contributed by atoms with Crippen LogP contribution in [0.1, 0.15) is 42.6 Å². The molecule has 0 aromatic carbocycles. The highest BCUT2D eigenvalue weighted by atomic mass is 16.5. The van der Waals surface area contributed by atoms with Crippen molar-refractivity contribution in [1.29, 1.82) is 5.26 Å². The molecular formula is C14H19N3O4. The van der Waals surface area contributed by atoms with Gasteiger partial charge in [0.2, 0.25) is 0 Å². The van der Waals surface area contributed by atoms with E-state index in [0.29, 0.717) is 11.5 Å². The lowest BCUT2D eigenvalue weighted by atomic mass is 9.90. The molecule has 0 radical (unpaired) electrons. The number of aromatic nitrogens is 1. The van der Waals surface area contributed by atoms with E-state index in [2.05, 4.69) is 10.5 Å².